The third-order valence-electron chi connectivity index (χ3n) is 2.02. The monoisotopic (exact) mass is 248 g/mol. The summed E-state index contributed by atoms with van der Waals surface area (Å²) in [5, 5.41) is 5.65. The van der Waals surface area contributed by atoms with Gasteiger partial charge in [0.2, 0.25) is 0 Å². The van der Waals surface area contributed by atoms with Crippen molar-refractivity contribution in [2.24, 2.45) is 5.10 Å². The van der Waals surface area contributed by atoms with E-state index in [1.165, 1.54) is 35.8 Å². The van der Waals surface area contributed by atoms with Crippen molar-refractivity contribution in [1.29, 1.82) is 0 Å². The zero-order valence-corrected chi connectivity index (χ0v) is 9.58. The van der Waals surface area contributed by atoms with E-state index in [0.29, 0.717) is 0 Å². The summed E-state index contributed by atoms with van der Waals surface area (Å²) in [6, 6.07) is 9.51. The number of rotatable bonds is 3. The lowest BCUT2D eigenvalue weighted by Gasteiger charge is -2.00. The van der Waals surface area contributed by atoms with Gasteiger partial charge in [-0.05, 0) is 23.6 Å². The van der Waals surface area contributed by atoms with Crippen molar-refractivity contribution in [3.05, 3.63) is 58.0 Å². The van der Waals surface area contributed by atoms with E-state index in [0.717, 1.165) is 4.88 Å². The molecule has 0 unspecified atom stereocenters. The maximum atomic E-state index is 13.2. The summed E-state index contributed by atoms with van der Waals surface area (Å²) >= 11 is 1.50. The molecule has 5 heteroatoms. The number of carbonyl (C=O) groups excluding carboxylic acids is 1. The van der Waals surface area contributed by atoms with E-state index in [2.05, 4.69) is 10.5 Å². The van der Waals surface area contributed by atoms with Gasteiger partial charge in [-0.1, -0.05) is 18.2 Å². The van der Waals surface area contributed by atoms with Crippen molar-refractivity contribution in [3.8, 4) is 0 Å². The zero-order chi connectivity index (χ0) is 12.1. The number of nitrogens with zero attached hydrogens (tertiary/aromatic N) is 1. The third-order valence-corrected chi connectivity index (χ3v) is 2.83. The normalized spacial score (nSPS) is 10.6. The van der Waals surface area contributed by atoms with E-state index in [1.54, 1.807) is 6.07 Å². The van der Waals surface area contributed by atoms with E-state index >= 15 is 0 Å². The van der Waals surface area contributed by atoms with Gasteiger partial charge in [-0.25, -0.2) is 9.82 Å². The maximum absolute atomic E-state index is 13.2. The molecule has 17 heavy (non-hydrogen) atoms. The first-order chi connectivity index (χ1) is 8.27. The van der Waals surface area contributed by atoms with Crippen LogP contribution in [0.4, 0.5) is 4.39 Å². The first-order valence-corrected chi connectivity index (χ1v) is 5.77. The fourth-order valence-electron chi connectivity index (χ4n) is 1.22. The van der Waals surface area contributed by atoms with Gasteiger partial charge < -0.3 is 0 Å². The quantitative estimate of drug-likeness (QED) is 0.658. The van der Waals surface area contributed by atoms with E-state index in [1.807, 2.05) is 17.5 Å². The molecule has 86 valence electrons. The van der Waals surface area contributed by atoms with Crippen molar-refractivity contribution in [3.63, 3.8) is 0 Å². The predicted octanol–water partition coefficient (Wildman–Crippen LogP) is 2.65. The van der Waals surface area contributed by atoms with Gasteiger partial charge in [-0.2, -0.15) is 5.10 Å². The molecule has 2 aromatic rings. The average Bonchev–Trinajstić information content (AvgIpc) is 2.82. The second-order valence-corrected chi connectivity index (χ2v) is 4.17. The van der Waals surface area contributed by atoms with Gasteiger partial charge in [0, 0.05) is 4.88 Å². The smallest absolute Gasteiger partial charge is 0.267 e. The van der Waals surface area contributed by atoms with Crippen molar-refractivity contribution in [2.75, 3.05) is 0 Å². The Morgan fingerprint density at radius 1 is 1.29 bits per heavy atom. The highest BCUT2D eigenvalue weighted by Crippen LogP contribution is 2.06. The second-order valence-electron chi connectivity index (χ2n) is 3.19. The van der Waals surface area contributed by atoms with Crippen LogP contribution in [-0.2, 0) is 0 Å². The molecule has 0 atom stereocenters. The Hall–Kier alpha value is -2.01. The predicted molar refractivity (Wildman–Crippen MR) is 65.8 cm³/mol. The van der Waals surface area contributed by atoms with Crippen LogP contribution >= 0.6 is 11.3 Å². The number of thiophene rings is 1. The third kappa shape index (κ3) is 2.98. The zero-order valence-electron chi connectivity index (χ0n) is 8.76. The minimum Gasteiger partial charge on any atom is -0.267 e. The molecule has 0 spiro atoms. The van der Waals surface area contributed by atoms with Crippen LogP contribution < -0.4 is 5.43 Å². The Kier molecular flexibility index (Phi) is 3.62. The summed E-state index contributed by atoms with van der Waals surface area (Å²) in [5.74, 6) is -1.12. The molecule has 0 aliphatic rings. The molecule has 0 aliphatic carbocycles. The highest BCUT2D eigenvalue weighted by Gasteiger charge is 2.08. The number of halogens is 1. The maximum Gasteiger partial charge on any atom is 0.274 e. The van der Waals surface area contributed by atoms with E-state index in [-0.39, 0.29) is 5.56 Å². The fourth-order valence-corrected chi connectivity index (χ4v) is 1.81. The van der Waals surface area contributed by atoms with E-state index in [9.17, 15) is 9.18 Å². The summed E-state index contributed by atoms with van der Waals surface area (Å²) < 4.78 is 13.2. The second kappa shape index (κ2) is 5.36. The van der Waals surface area contributed by atoms with Crippen LogP contribution in [0.25, 0.3) is 0 Å². The molecule has 2 rings (SSSR count). The standard InChI is InChI=1S/C12H9FN2OS/c13-11-6-2-1-5-10(11)12(16)15-14-8-9-4-3-7-17-9/h1-8H,(H,15,16)/b14-8-. The first-order valence-electron chi connectivity index (χ1n) is 4.89. The highest BCUT2D eigenvalue weighted by atomic mass is 32.1. The van der Waals surface area contributed by atoms with Gasteiger partial charge in [0.05, 0.1) is 11.8 Å². The van der Waals surface area contributed by atoms with Gasteiger partial charge in [0.15, 0.2) is 0 Å². The number of nitrogens with one attached hydrogen (secondary N) is 1. The lowest BCUT2D eigenvalue weighted by molar-refractivity contribution is 0.0951. The van der Waals surface area contributed by atoms with Crippen LogP contribution in [0, 0.1) is 5.82 Å². The number of amides is 1. The van der Waals surface area contributed by atoms with Crippen LogP contribution in [0.15, 0.2) is 46.9 Å². The molecule has 0 saturated carbocycles. The lowest BCUT2D eigenvalue weighted by Crippen LogP contribution is -2.18. The first kappa shape index (κ1) is 11.5. The van der Waals surface area contributed by atoms with Crippen molar-refractivity contribution < 1.29 is 9.18 Å². The van der Waals surface area contributed by atoms with Gasteiger partial charge in [-0.15, -0.1) is 11.3 Å². The van der Waals surface area contributed by atoms with Crippen LogP contribution in [-0.4, -0.2) is 12.1 Å². The molecule has 0 fully saturated rings. The van der Waals surface area contributed by atoms with Crippen LogP contribution in [0.1, 0.15) is 15.2 Å². The highest BCUT2D eigenvalue weighted by molar-refractivity contribution is 7.11. The number of hydrogen-bond donors (Lipinski definition) is 1. The summed E-state index contributed by atoms with van der Waals surface area (Å²) in [6.07, 6.45) is 1.52. The average molecular weight is 248 g/mol. The molecule has 0 bridgehead atoms. The number of hydrogen-bond acceptors (Lipinski definition) is 3. The number of benzene rings is 1. The fraction of sp³-hybridized carbons (Fsp3) is 0. The summed E-state index contributed by atoms with van der Waals surface area (Å²) in [4.78, 5) is 12.4. The molecule has 0 radical (unpaired) electrons. The Bertz CT molecular complexity index is 537. The Balaban J connectivity index is 2.01. The molecular weight excluding hydrogens is 239 g/mol. The molecule has 1 aromatic carbocycles. The van der Waals surface area contributed by atoms with Gasteiger partial charge in [0.1, 0.15) is 5.82 Å². The topological polar surface area (TPSA) is 41.5 Å². The summed E-state index contributed by atoms with van der Waals surface area (Å²) in [7, 11) is 0. The molecule has 1 heterocycles. The molecular formula is C12H9FN2OS. The van der Waals surface area contributed by atoms with Crippen LogP contribution in [0.2, 0.25) is 0 Å². The summed E-state index contributed by atoms with van der Waals surface area (Å²) in [5.41, 5.74) is 2.26. The van der Waals surface area contributed by atoms with Crippen molar-refractivity contribution >= 4 is 23.5 Å². The summed E-state index contributed by atoms with van der Waals surface area (Å²) in [6.45, 7) is 0. The van der Waals surface area contributed by atoms with Gasteiger partial charge in [0.25, 0.3) is 5.91 Å². The molecule has 0 aliphatic heterocycles. The van der Waals surface area contributed by atoms with Crippen LogP contribution in [0.3, 0.4) is 0 Å². The minimum absolute atomic E-state index is 0.0178. The number of hydrazone groups is 1. The van der Waals surface area contributed by atoms with E-state index < -0.39 is 11.7 Å². The molecule has 3 nitrogen and oxygen atoms in total. The largest absolute Gasteiger partial charge is 0.274 e. The Morgan fingerprint density at radius 2 is 2.12 bits per heavy atom. The molecule has 1 aromatic heterocycles. The molecule has 0 saturated heterocycles. The Labute approximate surface area is 102 Å². The molecule has 1 amide bonds. The minimum atomic E-state index is -0.559. The van der Waals surface area contributed by atoms with Crippen LogP contribution in [0.5, 0.6) is 0 Å². The van der Waals surface area contributed by atoms with Crippen molar-refractivity contribution in [2.45, 2.75) is 0 Å². The lowest BCUT2D eigenvalue weighted by atomic mass is 10.2. The van der Waals surface area contributed by atoms with E-state index in [4.69, 9.17) is 0 Å². The SMILES string of the molecule is O=C(N/N=C\c1cccs1)c1ccccc1F. The number of carbonyl (C=O) groups is 1. The molecule has 1 N–H and O–H groups in total. The van der Waals surface area contributed by atoms with Gasteiger partial charge >= 0.3 is 0 Å². The Morgan fingerprint density at radius 3 is 2.82 bits per heavy atom. The van der Waals surface area contributed by atoms with Crippen molar-refractivity contribution in [1.82, 2.24) is 5.43 Å². The van der Waals surface area contributed by atoms with Gasteiger partial charge in [-0.3, -0.25) is 4.79 Å².